The van der Waals surface area contributed by atoms with Crippen LogP contribution in [-0.4, -0.2) is 26.1 Å². The molecule has 0 radical (unpaired) electrons. The molecule has 0 saturated heterocycles. The molecule has 1 heterocycles. The van der Waals surface area contributed by atoms with Gasteiger partial charge in [-0.2, -0.15) is 13.2 Å². The predicted octanol–water partition coefficient (Wildman–Crippen LogP) is 3.84. The van der Waals surface area contributed by atoms with Gasteiger partial charge in [-0.05, 0) is 34.7 Å². The molecule has 0 aliphatic carbocycles. The fraction of sp³-hybridized carbons (Fsp3) is 0.0833. The van der Waals surface area contributed by atoms with Crippen molar-refractivity contribution in [2.75, 3.05) is 10.6 Å². The lowest BCUT2D eigenvalue weighted by atomic mass is 10.2. The van der Waals surface area contributed by atoms with E-state index in [-0.39, 0.29) is 14.9 Å². The second-order valence-electron chi connectivity index (χ2n) is 4.43. The molecule has 0 bridgehead atoms. The number of nitrogens with zero attached hydrogens (tertiary/aromatic N) is 3. The van der Waals surface area contributed by atoms with E-state index in [1.54, 1.807) is 22.6 Å². The molecule has 132 valence electrons. The molecule has 1 amide bonds. The van der Waals surface area contributed by atoms with Crippen LogP contribution in [0.4, 0.5) is 41.0 Å². The number of alkyl halides is 3. The lowest BCUT2D eigenvalue weighted by Gasteiger charge is -2.11. The number of amides is 1. The van der Waals surface area contributed by atoms with Crippen LogP contribution in [0.25, 0.3) is 0 Å². The van der Waals surface area contributed by atoms with Crippen LogP contribution in [-0.2, 0) is 6.18 Å². The van der Waals surface area contributed by atoms with Crippen molar-refractivity contribution in [3.8, 4) is 0 Å². The van der Waals surface area contributed by atoms with Gasteiger partial charge in [0.05, 0.1) is 4.92 Å². The molecule has 3 N–H and O–H groups in total. The maximum atomic E-state index is 12.6. The topological polar surface area (TPSA) is 130 Å². The van der Waals surface area contributed by atoms with Crippen molar-refractivity contribution >= 4 is 51.7 Å². The van der Waals surface area contributed by atoms with Crippen molar-refractivity contribution in [2.24, 2.45) is 0 Å². The quantitative estimate of drug-likeness (QED) is 0.353. The van der Waals surface area contributed by atoms with Gasteiger partial charge in [0.15, 0.2) is 0 Å². The molecular weight excluding hydrogens is 462 g/mol. The van der Waals surface area contributed by atoms with E-state index in [0.717, 1.165) is 12.3 Å². The smallest absolute Gasteiger partial charge is 0.433 e. The minimum Gasteiger partial charge on any atom is -0.465 e. The summed E-state index contributed by atoms with van der Waals surface area (Å²) in [4.78, 5) is 27.9. The fourth-order valence-corrected chi connectivity index (χ4v) is 2.49. The average molecular weight is 469 g/mol. The number of benzene rings is 1. The highest BCUT2D eigenvalue weighted by molar-refractivity contribution is 14.1. The number of aromatic nitrogens is 2. The Hall–Kier alpha value is -2.71. The minimum absolute atomic E-state index is 0.0198. The molecule has 0 spiro atoms. The number of nitrogens with one attached hydrogen (secondary N) is 2. The van der Waals surface area contributed by atoms with E-state index in [9.17, 15) is 28.1 Å². The monoisotopic (exact) mass is 469 g/mol. The Morgan fingerprint density at radius 2 is 2.04 bits per heavy atom. The first-order valence-corrected chi connectivity index (χ1v) is 7.31. The first-order chi connectivity index (χ1) is 11.6. The van der Waals surface area contributed by atoms with Crippen molar-refractivity contribution in [1.82, 2.24) is 9.97 Å². The summed E-state index contributed by atoms with van der Waals surface area (Å²) in [5, 5.41) is 24.2. The third-order valence-electron chi connectivity index (χ3n) is 2.70. The van der Waals surface area contributed by atoms with Crippen molar-refractivity contribution < 1.29 is 28.0 Å². The Labute approximate surface area is 150 Å². The number of hydrogen-bond donors (Lipinski definition) is 3. The molecule has 2 rings (SSSR count). The van der Waals surface area contributed by atoms with Crippen LogP contribution in [0.1, 0.15) is 5.69 Å². The van der Waals surface area contributed by atoms with Crippen molar-refractivity contribution in [1.29, 1.82) is 0 Å². The average Bonchev–Trinajstić information content (AvgIpc) is 2.48. The lowest BCUT2D eigenvalue weighted by molar-refractivity contribution is -0.383. The molecule has 13 heteroatoms. The van der Waals surface area contributed by atoms with Crippen molar-refractivity contribution in [2.45, 2.75) is 6.18 Å². The van der Waals surface area contributed by atoms with E-state index in [1.165, 1.54) is 6.07 Å². The van der Waals surface area contributed by atoms with Gasteiger partial charge in [-0.1, -0.05) is 0 Å². The van der Waals surface area contributed by atoms with Crippen LogP contribution in [0.15, 0.2) is 24.4 Å². The van der Waals surface area contributed by atoms with Gasteiger partial charge in [0.2, 0.25) is 5.95 Å². The molecule has 0 fully saturated rings. The first-order valence-electron chi connectivity index (χ1n) is 6.23. The van der Waals surface area contributed by atoms with E-state index < -0.39 is 34.5 Å². The van der Waals surface area contributed by atoms with Crippen molar-refractivity contribution in [3.05, 3.63) is 43.8 Å². The molecule has 1 aromatic carbocycles. The SMILES string of the molecule is O=C(O)Nc1c(I)cc(Nc2nccc(C(F)(F)F)n2)cc1[N+](=O)[O-]. The molecule has 2 aromatic rings. The summed E-state index contributed by atoms with van der Waals surface area (Å²) in [7, 11) is 0. The third kappa shape index (κ3) is 4.65. The van der Waals surface area contributed by atoms with Crippen LogP contribution in [0.2, 0.25) is 0 Å². The van der Waals surface area contributed by atoms with Gasteiger partial charge in [-0.15, -0.1) is 0 Å². The number of anilines is 3. The number of halogens is 4. The van der Waals surface area contributed by atoms with E-state index in [4.69, 9.17) is 5.11 Å². The molecule has 0 saturated carbocycles. The van der Waals surface area contributed by atoms with Gasteiger partial charge in [0.25, 0.3) is 5.69 Å². The standard InChI is InChI=1S/C12H7F3IN5O4/c13-12(14,15)8-1-2-17-10(19-8)18-5-3-6(16)9(20-11(22)23)7(4-5)21(24)25/h1-4,20H,(H,22,23)(H,17,18,19). The molecule has 9 nitrogen and oxygen atoms in total. The van der Waals surface area contributed by atoms with E-state index >= 15 is 0 Å². The maximum Gasteiger partial charge on any atom is 0.433 e. The summed E-state index contributed by atoms with van der Waals surface area (Å²) in [6.07, 6.45) is -5.28. The maximum absolute atomic E-state index is 12.6. The van der Waals surface area contributed by atoms with Gasteiger partial charge in [0, 0.05) is 21.5 Å². The Morgan fingerprint density at radius 3 is 2.60 bits per heavy atom. The molecular formula is C12H7F3IN5O4. The molecule has 1 aromatic heterocycles. The zero-order valence-electron chi connectivity index (χ0n) is 11.8. The molecule has 0 aliphatic heterocycles. The summed E-state index contributed by atoms with van der Waals surface area (Å²) < 4.78 is 38.1. The largest absolute Gasteiger partial charge is 0.465 e. The molecule has 0 unspecified atom stereocenters. The normalized spacial score (nSPS) is 11.0. The zero-order valence-corrected chi connectivity index (χ0v) is 14.0. The summed E-state index contributed by atoms with van der Waals surface area (Å²) in [6.45, 7) is 0. The van der Waals surface area contributed by atoms with E-state index in [0.29, 0.717) is 6.07 Å². The summed E-state index contributed by atoms with van der Waals surface area (Å²) >= 11 is 1.65. The molecule has 0 aliphatic rings. The van der Waals surface area contributed by atoms with Gasteiger partial charge >= 0.3 is 12.3 Å². The number of carboxylic acid groups (broad SMARTS) is 1. The van der Waals surface area contributed by atoms with Gasteiger partial charge < -0.3 is 10.4 Å². The fourth-order valence-electron chi connectivity index (χ4n) is 1.74. The van der Waals surface area contributed by atoms with Crippen LogP contribution < -0.4 is 10.6 Å². The van der Waals surface area contributed by atoms with Crippen molar-refractivity contribution in [3.63, 3.8) is 0 Å². The number of carbonyl (C=O) groups is 1. The van der Waals surface area contributed by atoms with Gasteiger partial charge in [-0.3, -0.25) is 15.4 Å². The number of rotatable bonds is 4. The molecule has 0 atom stereocenters. The predicted molar refractivity (Wildman–Crippen MR) is 87.8 cm³/mol. The number of hydrogen-bond acceptors (Lipinski definition) is 6. The van der Waals surface area contributed by atoms with Gasteiger partial charge in [0.1, 0.15) is 11.4 Å². The minimum atomic E-state index is -4.67. The van der Waals surface area contributed by atoms with Crippen LogP contribution in [0.3, 0.4) is 0 Å². The Kier molecular flexibility index (Phi) is 5.24. The third-order valence-corrected chi connectivity index (χ3v) is 3.55. The lowest BCUT2D eigenvalue weighted by Crippen LogP contribution is -2.12. The van der Waals surface area contributed by atoms with Crippen LogP contribution >= 0.6 is 22.6 Å². The number of nitro groups is 1. The highest BCUT2D eigenvalue weighted by Crippen LogP contribution is 2.34. The summed E-state index contributed by atoms with van der Waals surface area (Å²) in [6, 6.07) is 2.93. The summed E-state index contributed by atoms with van der Waals surface area (Å²) in [5.74, 6) is -0.418. The van der Waals surface area contributed by atoms with Crippen LogP contribution in [0.5, 0.6) is 0 Å². The first kappa shape index (κ1) is 18.6. The van der Waals surface area contributed by atoms with Gasteiger partial charge in [-0.25, -0.2) is 14.8 Å². The zero-order chi connectivity index (χ0) is 18.8. The highest BCUT2D eigenvalue weighted by Gasteiger charge is 2.32. The number of nitro benzene ring substituents is 1. The van der Waals surface area contributed by atoms with Crippen LogP contribution in [0, 0.1) is 13.7 Å². The Bertz CT molecular complexity index is 846. The second kappa shape index (κ2) is 7.04. The highest BCUT2D eigenvalue weighted by atomic mass is 127. The second-order valence-corrected chi connectivity index (χ2v) is 5.59. The molecule has 25 heavy (non-hydrogen) atoms. The van der Waals surface area contributed by atoms with E-state index in [2.05, 4.69) is 15.3 Å². The Balaban J connectivity index is 2.41. The Morgan fingerprint density at radius 1 is 1.36 bits per heavy atom. The summed E-state index contributed by atoms with van der Waals surface area (Å²) in [5.41, 5.74) is -2.00. The van der Waals surface area contributed by atoms with E-state index in [1.807, 2.05) is 5.32 Å².